The van der Waals surface area contributed by atoms with Crippen LogP contribution in [0.2, 0.25) is 0 Å². The van der Waals surface area contributed by atoms with Gasteiger partial charge in [0.05, 0.1) is 13.7 Å². The van der Waals surface area contributed by atoms with Crippen molar-refractivity contribution in [2.45, 2.75) is 20.4 Å². The number of hydrogen-bond acceptors (Lipinski definition) is 4. The van der Waals surface area contributed by atoms with Gasteiger partial charge in [-0.15, -0.1) is 0 Å². The molecule has 0 aliphatic carbocycles. The summed E-state index contributed by atoms with van der Waals surface area (Å²) in [7, 11) is 1.50. The first-order valence-corrected chi connectivity index (χ1v) is 5.99. The van der Waals surface area contributed by atoms with Crippen LogP contribution in [0.4, 0.5) is 5.69 Å². The second kappa shape index (κ2) is 5.14. The van der Waals surface area contributed by atoms with Gasteiger partial charge >= 0.3 is 0 Å². The quantitative estimate of drug-likeness (QED) is 0.848. The van der Waals surface area contributed by atoms with E-state index in [9.17, 15) is 4.79 Å². The third-order valence-electron chi connectivity index (χ3n) is 3.10. The van der Waals surface area contributed by atoms with Gasteiger partial charge in [-0.25, -0.2) is 4.98 Å². The summed E-state index contributed by atoms with van der Waals surface area (Å²) in [5, 5.41) is 0. The number of aryl methyl sites for hydroxylation is 1. The summed E-state index contributed by atoms with van der Waals surface area (Å²) in [6, 6.07) is 7.46. The van der Waals surface area contributed by atoms with E-state index in [1.165, 1.54) is 17.7 Å². The smallest absolute Gasteiger partial charge is 0.299 e. The molecule has 19 heavy (non-hydrogen) atoms. The number of ether oxygens (including phenoxy) is 1. The number of nitrogens with two attached hydrogens (primary N) is 1. The third-order valence-corrected chi connectivity index (χ3v) is 3.10. The second-order valence-corrected chi connectivity index (χ2v) is 4.44. The summed E-state index contributed by atoms with van der Waals surface area (Å²) in [5.41, 5.74) is 9.04. The highest BCUT2D eigenvalue weighted by Crippen LogP contribution is 2.17. The van der Waals surface area contributed by atoms with E-state index in [1.54, 1.807) is 6.92 Å². The molecule has 5 heteroatoms. The fourth-order valence-corrected chi connectivity index (χ4v) is 1.94. The Morgan fingerprint density at radius 1 is 1.37 bits per heavy atom. The van der Waals surface area contributed by atoms with Crippen molar-refractivity contribution in [1.82, 2.24) is 9.55 Å². The Hall–Kier alpha value is -2.30. The Balaban J connectivity index is 2.49. The first-order valence-electron chi connectivity index (χ1n) is 5.99. The van der Waals surface area contributed by atoms with E-state index in [-0.39, 0.29) is 5.56 Å². The molecule has 1 heterocycles. The SMILES string of the molecule is COc1nc(C)cc(=O)n1Cc1cccc(N)c1C. The number of methoxy groups -OCH3 is 1. The highest BCUT2D eigenvalue weighted by molar-refractivity contribution is 5.50. The van der Waals surface area contributed by atoms with Gasteiger partial charge in [-0.2, -0.15) is 0 Å². The van der Waals surface area contributed by atoms with Gasteiger partial charge in [-0.3, -0.25) is 9.36 Å². The molecule has 0 spiro atoms. The normalized spacial score (nSPS) is 10.5. The minimum atomic E-state index is -0.133. The second-order valence-electron chi connectivity index (χ2n) is 4.44. The minimum Gasteiger partial charge on any atom is -0.468 e. The molecule has 2 aromatic rings. The maximum absolute atomic E-state index is 12.0. The lowest BCUT2D eigenvalue weighted by Crippen LogP contribution is -2.23. The summed E-state index contributed by atoms with van der Waals surface area (Å²) >= 11 is 0. The molecular formula is C14H17N3O2. The molecule has 0 saturated heterocycles. The highest BCUT2D eigenvalue weighted by atomic mass is 16.5. The molecule has 0 amide bonds. The summed E-state index contributed by atoms with van der Waals surface area (Å²) < 4.78 is 6.66. The van der Waals surface area contributed by atoms with Crippen LogP contribution >= 0.6 is 0 Å². The van der Waals surface area contributed by atoms with Crippen LogP contribution in [0, 0.1) is 13.8 Å². The van der Waals surface area contributed by atoms with Crippen LogP contribution in [-0.4, -0.2) is 16.7 Å². The van der Waals surface area contributed by atoms with E-state index < -0.39 is 0 Å². The summed E-state index contributed by atoms with van der Waals surface area (Å²) in [5.74, 6) is 0. The highest BCUT2D eigenvalue weighted by Gasteiger charge is 2.10. The predicted octanol–water partition coefficient (Wildman–Crippen LogP) is 1.50. The van der Waals surface area contributed by atoms with E-state index in [0.29, 0.717) is 23.9 Å². The first kappa shape index (κ1) is 13.1. The number of nitrogen functional groups attached to an aromatic ring is 1. The fourth-order valence-electron chi connectivity index (χ4n) is 1.94. The minimum absolute atomic E-state index is 0.133. The Bertz CT molecular complexity index is 662. The van der Waals surface area contributed by atoms with Gasteiger partial charge in [0, 0.05) is 17.4 Å². The lowest BCUT2D eigenvalue weighted by molar-refractivity contribution is 0.349. The van der Waals surface area contributed by atoms with E-state index >= 15 is 0 Å². The van der Waals surface area contributed by atoms with Crippen LogP contribution in [-0.2, 0) is 6.54 Å². The lowest BCUT2D eigenvalue weighted by Gasteiger charge is -2.13. The van der Waals surface area contributed by atoms with Gasteiger partial charge in [0.2, 0.25) is 0 Å². The van der Waals surface area contributed by atoms with E-state index in [1.807, 2.05) is 25.1 Å². The summed E-state index contributed by atoms with van der Waals surface area (Å²) in [6.07, 6.45) is 0. The molecular weight excluding hydrogens is 242 g/mol. The van der Waals surface area contributed by atoms with Crippen molar-refractivity contribution in [1.29, 1.82) is 0 Å². The average Bonchev–Trinajstić information content (AvgIpc) is 2.37. The van der Waals surface area contributed by atoms with Gasteiger partial charge in [-0.1, -0.05) is 12.1 Å². The molecule has 2 N–H and O–H groups in total. The molecule has 1 aromatic carbocycles. The number of anilines is 1. The van der Waals surface area contributed by atoms with Gasteiger partial charge in [0.1, 0.15) is 0 Å². The predicted molar refractivity (Wildman–Crippen MR) is 74.5 cm³/mol. The van der Waals surface area contributed by atoms with Crippen molar-refractivity contribution >= 4 is 5.69 Å². The Morgan fingerprint density at radius 2 is 2.11 bits per heavy atom. The Kier molecular flexibility index (Phi) is 3.55. The molecule has 100 valence electrons. The van der Waals surface area contributed by atoms with Crippen LogP contribution in [0.5, 0.6) is 6.01 Å². The molecule has 0 aliphatic rings. The number of hydrogen-bond donors (Lipinski definition) is 1. The van der Waals surface area contributed by atoms with Crippen molar-refractivity contribution in [3.05, 3.63) is 51.4 Å². The third kappa shape index (κ3) is 2.59. The van der Waals surface area contributed by atoms with Crippen LogP contribution in [0.3, 0.4) is 0 Å². The van der Waals surface area contributed by atoms with E-state index in [4.69, 9.17) is 10.5 Å². The molecule has 1 aromatic heterocycles. The Morgan fingerprint density at radius 3 is 2.79 bits per heavy atom. The summed E-state index contributed by atoms with van der Waals surface area (Å²) in [6.45, 7) is 4.09. The van der Waals surface area contributed by atoms with Crippen LogP contribution < -0.4 is 16.0 Å². The zero-order valence-corrected chi connectivity index (χ0v) is 11.3. The monoisotopic (exact) mass is 259 g/mol. The van der Waals surface area contributed by atoms with Gasteiger partial charge in [-0.05, 0) is 31.0 Å². The maximum Gasteiger partial charge on any atom is 0.299 e. The van der Waals surface area contributed by atoms with Crippen LogP contribution in [0.25, 0.3) is 0 Å². The molecule has 0 bridgehead atoms. The van der Waals surface area contributed by atoms with Crippen molar-refractivity contribution < 1.29 is 4.74 Å². The topological polar surface area (TPSA) is 70.1 Å². The maximum atomic E-state index is 12.0. The van der Waals surface area contributed by atoms with Gasteiger partial charge in [0.15, 0.2) is 0 Å². The first-order chi connectivity index (χ1) is 9.02. The van der Waals surface area contributed by atoms with Crippen molar-refractivity contribution in [2.24, 2.45) is 0 Å². The molecule has 0 unspecified atom stereocenters. The summed E-state index contributed by atoms with van der Waals surface area (Å²) in [4.78, 5) is 16.2. The zero-order chi connectivity index (χ0) is 14.0. The van der Waals surface area contributed by atoms with Crippen molar-refractivity contribution in [3.63, 3.8) is 0 Å². The molecule has 0 fully saturated rings. The number of benzene rings is 1. The zero-order valence-electron chi connectivity index (χ0n) is 11.3. The van der Waals surface area contributed by atoms with Crippen molar-refractivity contribution in [3.8, 4) is 6.01 Å². The number of aromatic nitrogens is 2. The molecule has 0 radical (unpaired) electrons. The molecule has 0 saturated carbocycles. The van der Waals surface area contributed by atoms with Crippen LogP contribution in [0.15, 0.2) is 29.1 Å². The Labute approximate surface area is 111 Å². The number of rotatable bonds is 3. The molecule has 0 atom stereocenters. The van der Waals surface area contributed by atoms with Gasteiger partial charge in [0.25, 0.3) is 11.6 Å². The molecule has 5 nitrogen and oxygen atoms in total. The van der Waals surface area contributed by atoms with E-state index in [2.05, 4.69) is 4.98 Å². The van der Waals surface area contributed by atoms with E-state index in [0.717, 1.165) is 11.1 Å². The van der Waals surface area contributed by atoms with Crippen LogP contribution in [0.1, 0.15) is 16.8 Å². The molecule has 2 rings (SSSR count). The largest absolute Gasteiger partial charge is 0.468 e. The lowest BCUT2D eigenvalue weighted by atomic mass is 10.1. The molecule has 0 aliphatic heterocycles. The van der Waals surface area contributed by atoms with Crippen molar-refractivity contribution in [2.75, 3.05) is 12.8 Å². The van der Waals surface area contributed by atoms with Gasteiger partial charge < -0.3 is 10.5 Å². The number of nitrogens with zero attached hydrogens (tertiary/aromatic N) is 2. The standard InChI is InChI=1S/C14H17N3O2/c1-9-7-13(18)17(14(16-9)19-3)8-11-5-4-6-12(15)10(11)2/h4-7H,8,15H2,1-3H3. The fraction of sp³-hybridized carbons (Fsp3) is 0.286. The average molecular weight is 259 g/mol.